The number of hydrogen-bond donors (Lipinski definition) is 1. The van der Waals surface area contributed by atoms with Crippen LogP contribution in [-0.2, 0) is 17.9 Å². The lowest BCUT2D eigenvalue weighted by molar-refractivity contribution is -0.134. The number of thiophene rings is 1. The van der Waals surface area contributed by atoms with Gasteiger partial charge in [-0.1, -0.05) is 6.07 Å². The Bertz CT molecular complexity index is 490. The standard InChI is InChI=1S/C15H20N2O2S2/c1-20-9-6-14(16)15(18)17(10-12-4-2-7-19-12)11-13-5-3-8-21-13/h2-5,7-8,14H,6,9-11,16H2,1H3/t14-/m0/s1. The van der Waals surface area contributed by atoms with Gasteiger partial charge in [0.2, 0.25) is 5.91 Å². The van der Waals surface area contributed by atoms with E-state index >= 15 is 0 Å². The van der Waals surface area contributed by atoms with Gasteiger partial charge in [0.05, 0.1) is 25.4 Å². The molecule has 2 N–H and O–H groups in total. The van der Waals surface area contributed by atoms with E-state index in [1.807, 2.05) is 35.9 Å². The maximum Gasteiger partial charge on any atom is 0.240 e. The first-order valence-electron chi connectivity index (χ1n) is 6.78. The van der Waals surface area contributed by atoms with E-state index in [0.717, 1.165) is 16.4 Å². The highest BCUT2D eigenvalue weighted by molar-refractivity contribution is 7.98. The van der Waals surface area contributed by atoms with Crippen molar-refractivity contribution in [3.05, 3.63) is 46.5 Å². The van der Waals surface area contributed by atoms with E-state index in [-0.39, 0.29) is 5.91 Å². The summed E-state index contributed by atoms with van der Waals surface area (Å²) in [6, 6.07) is 7.27. The maximum absolute atomic E-state index is 12.6. The molecule has 0 radical (unpaired) electrons. The fourth-order valence-electron chi connectivity index (χ4n) is 2.00. The van der Waals surface area contributed by atoms with Crippen LogP contribution in [-0.4, -0.2) is 28.9 Å². The van der Waals surface area contributed by atoms with E-state index in [4.69, 9.17) is 10.2 Å². The van der Waals surface area contributed by atoms with E-state index in [0.29, 0.717) is 19.5 Å². The third kappa shape index (κ3) is 4.91. The quantitative estimate of drug-likeness (QED) is 0.811. The van der Waals surface area contributed by atoms with Gasteiger partial charge in [-0.25, -0.2) is 0 Å². The topological polar surface area (TPSA) is 59.5 Å². The second kappa shape index (κ2) is 8.26. The van der Waals surface area contributed by atoms with Gasteiger partial charge >= 0.3 is 0 Å². The van der Waals surface area contributed by atoms with Crippen LogP contribution >= 0.6 is 23.1 Å². The molecule has 114 valence electrons. The predicted molar refractivity (Wildman–Crippen MR) is 88.3 cm³/mol. The van der Waals surface area contributed by atoms with E-state index in [1.54, 1.807) is 34.3 Å². The Kier molecular flexibility index (Phi) is 6.35. The first-order chi connectivity index (χ1) is 10.2. The molecule has 0 spiro atoms. The first-order valence-corrected chi connectivity index (χ1v) is 9.06. The number of carbonyl (C=O) groups excluding carboxylic acids is 1. The maximum atomic E-state index is 12.6. The van der Waals surface area contributed by atoms with Crippen LogP contribution < -0.4 is 5.73 Å². The summed E-state index contributed by atoms with van der Waals surface area (Å²) in [6.07, 6.45) is 4.33. The van der Waals surface area contributed by atoms with Gasteiger partial charge in [-0.3, -0.25) is 4.79 Å². The summed E-state index contributed by atoms with van der Waals surface area (Å²) in [5, 5.41) is 2.01. The molecule has 1 amide bonds. The van der Waals surface area contributed by atoms with Gasteiger partial charge in [-0.05, 0) is 42.0 Å². The SMILES string of the molecule is CSCC[C@H](N)C(=O)N(Cc1ccco1)Cc1cccs1. The van der Waals surface area contributed by atoms with Crippen LogP contribution in [0.5, 0.6) is 0 Å². The molecule has 1 atom stereocenters. The molecule has 0 saturated carbocycles. The van der Waals surface area contributed by atoms with E-state index in [1.165, 1.54) is 0 Å². The minimum atomic E-state index is -0.452. The number of amides is 1. The highest BCUT2D eigenvalue weighted by atomic mass is 32.2. The Balaban J connectivity index is 2.04. The summed E-state index contributed by atoms with van der Waals surface area (Å²) in [4.78, 5) is 15.5. The van der Waals surface area contributed by atoms with E-state index in [9.17, 15) is 4.79 Å². The zero-order chi connectivity index (χ0) is 15.1. The zero-order valence-electron chi connectivity index (χ0n) is 12.0. The third-order valence-corrected chi connectivity index (χ3v) is 4.62. The Labute approximate surface area is 133 Å². The molecule has 0 aliphatic rings. The van der Waals surface area contributed by atoms with Crippen LogP contribution in [0, 0.1) is 0 Å². The van der Waals surface area contributed by atoms with Gasteiger partial charge in [0, 0.05) is 4.88 Å². The lowest BCUT2D eigenvalue weighted by Crippen LogP contribution is -2.43. The molecular weight excluding hydrogens is 304 g/mol. The molecule has 0 bridgehead atoms. The number of furan rings is 1. The molecule has 21 heavy (non-hydrogen) atoms. The number of carbonyl (C=O) groups is 1. The Morgan fingerprint density at radius 1 is 1.43 bits per heavy atom. The van der Waals surface area contributed by atoms with Crippen molar-refractivity contribution in [2.45, 2.75) is 25.6 Å². The Hall–Kier alpha value is -1.24. The molecule has 6 heteroatoms. The van der Waals surface area contributed by atoms with Crippen molar-refractivity contribution in [1.29, 1.82) is 0 Å². The van der Waals surface area contributed by atoms with E-state index < -0.39 is 6.04 Å². The third-order valence-electron chi connectivity index (χ3n) is 3.12. The highest BCUT2D eigenvalue weighted by Crippen LogP contribution is 2.16. The lowest BCUT2D eigenvalue weighted by Gasteiger charge is -2.24. The smallest absolute Gasteiger partial charge is 0.240 e. The second-order valence-corrected chi connectivity index (χ2v) is 6.76. The van der Waals surface area contributed by atoms with Crippen molar-refractivity contribution in [2.24, 2.45) is 5.73 Å². The fourth-order valence-corrected chi connectivity index (χ4v) is 3.20. The molecule has 0 unspecified atom stereocenters. The van der Waals surface area contributed by atoms with Crippen LogP contribution in [0.4, 0.5) is 0 Å². The van der Waals surface area contributed by atoms with Gasteiger partial charge in [0.15, 0.2) is 0 Å². The minimum Gasteiger partial charge on any atom is -0.467 e. The molecule has 0 aromatic carbocycles. The van der Waals surface area contributed by atoms with Crippen molar-refractivity contribution < 1.29 is 9.21 Å². The Morgan fingerprint density at radius 3 is 2.90 bits per heavy atom. The summed E-state index contributed by atoms with van der Waals surface area (Å²) in [6.45, 7) is 1.03. The van der Waals surface area contributed by atoms with E-state index in [2.05, 4.69) is 0 Å². The number of rotatable bonds is 8. The minimum absolute atomic E-state index is 0.0196. The van der Waals surface area contributed by atoms with Crippen LogP contribution in [0.25, 0.3) is 0 Å². The van der Waals surface area contributed by atoms with Crippen molar-refractivity contribution in [3.8, 4) is 0 Å². The number of thioether (sulfide) groups is 1. The van der Waals surface area contributed by atoms with Crippen LogP contribution in [0.1, 0.15) is 17.1 Å². The van der Waals surface area contributed by atoms with Gasteiger partial charge < -0.3 is 15.1 Å². The molecule has 0 aliphatic heterocycles. The molecule has 2 aromatic rings. The van der Waals surface area contributed by atoms with Crippen molar-refractivity contribution in [1.82, 2.24) is 4.90 Å². The second-order valence-electron chi connectivity index (χ2n) is 4.74. The molecule has 2 rings (SSSR count). The number of nitrogens with two attached hydrogens (primary N) is 1. The summed E-state index contributed by atoms with van der Waals surface area (Å²) >= 11 is 3.34. The van der Waals surface area contributed by atoms with Gasteiger partial charge in [-0.15, -0.1) is 11.3 Å². The molecule has 0 saturated heterocycles. The largest absolute Gasteiger partial charge is 0.467 e. The zero-order valence-corrected chi connectivity index (χ0v) is 13.7. The van der Waals surface area contributed by atoms with Crippen molar-refractivity contribution >= 4 is 29.0 Å². The highest BCUT2D eigenvalue weighted by Gasteiger charge is 2.22. The molecule has 2 heterocycles. The van der Waals surface area contributed by atoms with Crippen LogP contribution in [0.15, 0.2) is 40.3 Å². The average Bonchev–Trinajstić information content (AvgIpc) is 3.16. The van der Waals surface area contributed by atoms with Gasteiger partial charge in [-0.2, -0.15) is 11.8 Å². The van der Waals surface area contributed by atoms with Crippen molar-refractivity contribution in [2.75, 3.05) is 12.0 Å². The molecule has 2 aromatic heterocycles. The molecular formula is C15H20N2O2S2. The monoisotopic (exact) mass is 324 g/mol. The summed E-state index contributed by atoms with van der Waals surface area (Å²) in [5.41, 5.74) is 6.03. The molecule has 0 aliphatic carbocycles. The van der Waals surface area contributed by atoms with Crippen molar-refractivity contribution in [3.63, 3.8) is 0 Å². The molecule has 4 nitrogen and oxygen atoms in total. The average molecular weight is 324 g/mol. The normalized spacial score (nSPS) is 12.3. The van der Waals surface area contributed by atoms with Gasteiger partial charge in [0.1, 0.15) is 5.76 Å². The van der Waals surface area contributed by atoms with Gasteiger partial charge in [0.25, 0.3) is 0 Å². The predicted octanol–water partition coefficient (Wildman–Crippen LogP) is 2.95. The van der Waals surface area contributed by atoms with Crippen LogP contribution in [0.3, 0.4) is 0 Å². The summed E-state index contributed by atoms with van der Waals surface area (Å²) in [5.74, 6) is 1.64. The number of nitrogens with zero attached hydrogens (tertiary/aromatic N) is 1. The summed E-state index contributed by atoms with van der Waals surface area (Å²) in [7, 11) is 0. The summed E-state index contributed by atoms with van der Waals surface area (Å²) < 4.78 is 5.36. The first kappa shape index (κ1) is 16.1. The van der Waals surface area contributed by atoms with Crippen LogP contribution in [0.2, 0.25) is 0 Å². The fraction of sp³-hybridized carbons (Fsp3) is 0.400. The Morgan fingerprint density at radius 2 is 2.29 bits per heavy atom. The number of hydrogen-bond acceptors (Lipinski definition) is 5. The lowest BCUT2D eigenvalue weighted by atomic mass is 10.2. The molecule has 0 fully saturated rings.